The molecule has 0 aromatic carbocycles. The van der Waals surface area contributed by atoms with Crippen molar-refractivity contribution in [1.29, 1.82) is 0 Å². The van der Waals surface area contributed by atoms with Crippen LogP contribution < -0.4 is 0 Å². The molecule has 2 heterocycles. The smallest absolute Gasteiger partial charge is 0.111 e. The Labute approximate surface area is 90.8 Å². The van der Waals surface area contributed by atoms with Crippen molar-refractivity contribution in [2.24, 2.45) is 0 Å². The molecule has 0 bridgehead atoms. The van der Waals surface area contributed by atoms with E-state index in [1.807, 2.05) is 13.0 Å². The van der Waals surface area contributed by atoms with Gasteiger partial charge in [0, 0.05) is 20.9 Å². The molecule has 0 aliphatic carbocycles. The van der Waals surface area contributed by atoms with Gasteiger partial charge >= 0.3 is 0 Å². The van der Waals surface area contributed by atoms with Crippen LogP contribution in [0.1, 0.15) is 17.9 Å². The van der Waals surface area contributed by atoms with Crippen molar-refractivity contribution in [1.82, 2.24) is 0 Å². The van der Waals surface area contributed by atoms with E-state index in [2.05, 4.69) is 11.4 Å². The summed E-state index contributed by atoms with van der Waals surface area (Å²) in [5.41, 5.74) is 0. The second-order valence-corrected chi connectivity index (χ2v) is 5.04. The van der Waals surface area contributed by atoms with E-state index in [0.29, 0.717) is 13.2 Å². The van der Waals surface area contributed by atoms with Crippen molar-refractivity contribution in [3.63, 3.8) is 0 Å². The Morgan fingerprint density at radius 1 is 1.50 bits per heavy atom. The van der Waals surface area contributed by atoms with E-state index >= 15 is 0 Å². The monoisotopic (exact) mass is 228 g/mol. The molecule has 14 heavy (non-hydrogen) atoms. The molecule has 2 aromatic heterocycles. The Bertz CT molecular complexity index is 376. The van der Waals surface area contributed by atoms with E-state index in [0.717, 1.165) is 4.88 Å². The average molecular weight is 228 g/mol. The van der Waals surface area contributed by atoms with E-state index in [1.54, 1.807) is 22.7 Å². The topological polar surface area (TPSA) is 29.5 Å². The lowest BCUT2D eigenvalue weighted by Crippen LogP contribution is -2.04. The maximum Gasteiger partial charge on any atom is 0.111 e. The zero-order valence-electron chi connectivity index (χ0n) is 7.90. The first kappa shape index (κ1) is 10.1. The highest BCUT2D eigenvalue weighted by Crippen LogP contribution is 2.33. The van der Waals surface area contributed by atoms with Crippen LogP contribution in [0.15, 0.2) is 17.5 Å². The lowest BCUT2D eigenvalue weighted by atomic mass is 10.3. The summed E-state index contributed by atoms with van der Waals surface area (Å²) in [7, 11) is 0. The van der Waals surface area contributed by atoms with Gasteiger partial charge in [-0.25, -0.2) is 0 Å². The molecule has 0 saturated carbocycles. The zero-order chi connectivity index (χ0) is 9.97. The molecule has 4 heteroatoms. The summed E-state index contributed by atoms with van der Waals surface area (Å²) in [4.78, 5) is 1.00. The molecule has 0 aliphatic heterocycles. The predicted molar refractivity (Wildman–Crippen MR) is 61.2 cm³/mol. The normalized spacial score (nSPS) is 13.6. The molecule has 0 aliphatic rings. The molecule has 1 atom stereocenters. The fraction of sp³-hybridized carbons (Fsp3) is 0.400. The number of hydrogen-bond acceptors (Lipinski definition) is 4. The van der Waals surface area contributed by atoms with E-state index in [1.165, 1.54) is 9.40 Å². The average Bonchev–Trinajstić information content (AvgIpc) is 2.72. The molecule has 0 spiro atoms. The maximum absolute atomic E-state index is 9.76. The molecule has 0 fully saturated rings. The van der Waals surface area contributed by atoms with Crippen LogP contribution in [-0.4, -0.2) is 18.3 Å². The number of aliphatic hydroxyl groups excluding tert-OH is 1. The minimum Gasteiger partial charge on any atom is -0.385 e. The predicted octanol–water partition coefficient (Wildman–Crippen LogP) is 3.03. The second kappa shape index (κ2) is 4.40. The van der Waals surface area contributed by atoms with Gasteiger partial charge in [0.2, 0.25) is 0 Å². The molecular weight excluding hydrogens is 216 g/mol. The minimum atomic E-state index is -0.473. The molecule has 2 aromatic rings. The fourth-order valence-electron chi connectivity index (χ4n) is 1.26. The summed E-state index contributed by atoms with van der Waals surface area (Å²) in [6.45, 7) is 2.97. The first-order valence-corrected chi connectivity index (χ1v) is 6.23. The fourth-order valence-corrected chi connectivity index (χ4v) is 3.35. The van der Waals surface area contributed by atoms with Crippen LogP contribution in [0.2, 0.25) is 0 Å². The third-order valence-corrected chi connectivity index (χ3v) is 4.16. The molecule has 0 radical (unpaired) electrons. The van der Waals surface area contributed by atoms with Gasteiger partial charge in [-0.05, 0) is 24.4 Å². The van der Waals surface area contributed by atoms with E-state index in [9.17, 15) is 5.11 Å². The third-order valence-electron chi connectivity index (χ3n) is 1.97. The molecule has 76 valence electrons. The summed E-state index contributed by atoms with van der Waals surface area (Å²) in [5, 5.41) is 11.8. The molecular formula is C10H12O2S2. The Hall–Kier alpha value is -0.420. The quantitative estimate of drug-likeness (QED) is 0.871. The summed E-state index contributed by atoms with van der Waals surface area (Å²) >= 11 is 3.35. The highest BCUT2D eigenvalue weighted by Gasteiger charge is 2.11. The van der Waals surface area contributed by atoms with Crippen LogP contribution in [0.25, 0.3) is 9.40 Å². The zero-order valence-corrected chi connectivity index (χ0v) is 9.53. The summed E-state index contributed by atoms with van der Waals surface area (Å²) in [5.74, 6) is 0. The highest BCUT2D eigenvalue weighted by atomic mass is 32.1. The number of rotatable bonds is 4. The lowest BCUT2D eigenvalue weighted by Gasteiger charge is -2.07. The van der Waals surface area contributed by atoms with Crippen molar-refractivity contribution >= 4 is 32.1 Å². The van der Waals surface area contributed by atoms with Crippen LogP contribution in [0.5, 0.6) is 0 Å². The van der Waals surface area contributed by atoms with Crippen LogP contribution >= 0.6 is 22.7 Å². The Morgan fingerprint density at radius 3 is 3.07 bits per heavy atom. The standard InChI is InChI=1S/C10H12O2S2/c1-2-12-6-7(11)9-5-10-8(14-9)3-4-13-10/h3-5,7,11H,2,6H2,1H3. The number of aliphatic hydroxyl groups is 1. The van der Waals surface area contributed by atoms with Crippen molar-refractivity contribution in [3.8, 4) is 0 Å². The van der Waals surface area contributed by atoms with Gasteiger partial charge in [0.25, 0.3) is 0 Å². The molecule has 2 rings (SSSR count). The Balaban J connectivity index is 2.13. The number of hydrogen-bond donors (Lipinski definition) is 1. The van der Waals surface area contributed by atoms with Gasteiger partial charge in [-0.1, -0.05) is 0 Å². The Kier molecular flexibility index (Phi) is 3.18. The van der Waals surface area contributed by atoms with Gasteiger partial charge in [-0.3, -0.25) is 0 Å². The van der Waals surface area contributed by atoms with Gasteiger partial charge in [-0.15, -0.1) is 22.7 Å². The van der Waals surface area contributed by atoms with Crippen molar-refractivity contribution in [2.75, 3.05) is 13.2 Å². The number of thiophene rings is 2. The first-order valence-electron chi connectivity index (χ1n) is 4.54. The Morgan fingerprint density at radius 2 is 2.36 bits per heavy atom. The van der Waals surface area contributed by atoms with Crippen LogP contribution in [0.3, 0.4) is 0 Å². The van der Waals surface area contributed by atoms with Gasteiger partial charge in [0.1, 0.15) is 6.10 Å². The van der Waals surface area contributed by atoms with Crippen LogP contribution in [0.4, 0.5) is 0 Å². The van der Waals surface area contributed by atoms with Crippen LogP contribution in [0, 0.1) is 0 Å². The van der Waals surface area contributed by atoms with Crippen molar-refractivity contribution < 1.29 is 9.84 Å². The molecule has 0 amide bonds. The SMILES string of the molecule is CCOCC(O)c1cc2sccc2s1. The number of ether oxygens (including phenoxy) is 1. The van der Waals surface area contributed by atoms with Gasteiger partial charge in [-0.2, -0.15) is 0 Å². The van der Waals surface area contributed by atoms with E-state index in [4.69, 9.17) is 4.74 Å². The van der Waals surface area contributed by atoms with E-state index in [-0.39, 0.29) is 0 Å². The minimum absolute atomic E-state index is 0.393. The first-order chi connectivity index (χ1) is 6.81. The molecule has 0 saturated heterocycles. The summed E-state index contributed by atoms with van der Waals surface area (Å²) < 4.78 is 7.68. The third kappa shape index (κ3) is 1.98. The van der Waals surface area contributed by atoms with Gasteiger partial charge < -0.3 is 9.84 Å². The summed E-state index contributed by atoms with van der Waals surface area (Å²) in [6, 6.07) is 4.13. The maximum atomic E-state index is 9.76. The lowest BCUT2D eigenvalue weighted by molar-refractivity contribution is 0.0439. The van der Waals surface area contributed by atoms with Gasteiger partial charge in [0.15, 0.2) is 0 Å². The molecule has 1 N–H and O–H groups in total. The molecule has 1 unspecified atom stereocenters. The van der Waals surface area contributed by atoms with Gasteiger partial charge in [0.05, 0.1) is 6.61 Å². The second-order valence-electron chi connectivity index (χ2n) is 2.97. The molecule has 2 nitrogen and oxygen atoms in total. The number of fused-ring (bicyclic) bond motifs is 1. The largest absolute Gasteiger partial charge is 0.385 e. The van der Waals surface area contributed by atoms with E-state index < -0.39 is 6.10 Å². The van der Waals surface area contributed by atoms with Crippen molar-refractivity contribution in [3.05, 3.63) is 22.4 Å². The van der Waals surface area contributed by atoms with Crippen LogP contribution in [-0.2, 0) is 4.74 Å². The highest BCUT2D eigenvalue weighted by molar-refractivity contribution is 7.26. The van der Waals surface area contributed by atoms with Crippen molar-refractivity contribution in [2.45, 2.75) is 13.0 Å². The summed E-state index contributed by atoms with van der Waals surface area (Å²) in [6.07, 6.45) is -0.473.